The number of aryl methyl sites for hydroxylation is 1. The lowest BCUT2D eigenvalue weighted by Crippen LogP contribution is -2.46. The van der Waals surface area contributed by atoms with E-state index in [4.69, 9.17) is 14.9 Å². The summed E-state index contributed by atoms with van der Waals surface area (Å²) in [5.74, 6) is -1.77. The van der Waals surface area contributed by atoms with E-state index in [9.17, 15) is 18.4 Å². The maximum Gasteiger partial charge on any atom is 0.306 e. The van der Waals surface area contributed by atoms with Crippen LogP contribution in [-0.2, 0) is 28.9 Å². The summed E-state index contributed by atoms with van der Waals surface area (Å²) in [6, 6.07) is 14.0. The van der Waals surface area contributed by atoms with Gasteiger partial charge in [-0.3, -0.25) is 9.59 Å². The third-order valence-corrected chi connectivity index (χ3v) is 6.32. The predicted molar refractivity (Wildman–Crippen MR) is 145 cm³/mol. The van der Waals surface area contributed by atoms with E-state index in [1.165, 1.54) is 24.0 Å². The molecule has 39 heavy (non-hydrogen) atoms. The molecule has 210 valence electrons. The van der Waals surface area contributed by atoms with Crippen LogP contribution in [0.3, 0.4) is 0 Å². The monoisotopic (exact) mass is 541 g/mol. The zero-order chi connectivity index (χ0) is 28.0. The maximum absolute atomic E-state index is 13.7. The molecular formula is C30H37F2N3O4. The van der Waals surface area contributed by atoms with E-state index in [1.807, 2.05) is 12.1 Å². The number of rotatable bonds is 16. The standard InChI is InChI=1S/C30H37F2N3O4/c1-2-21-8-6-9-22(14-21)19-34-20-28(26(33)17-23-15-24(31)18-25(32)16-23)39-29(36)11-4-3-5-12-35-30(37)27-10-7-13-38-27/h6-10,13-16,18,26,28,34H,2-5,11-12,17,19-20,33H2,1H3,(H,35,37)/t26-,28+/m0/s1. The summed E-state index contributed by atoms with van der Waals surface area (Å²) in [4.78, 5) is 24.5. The average molecular weight is 542 g/mol. The molecule has 0 fully saturated rings. The number of unbranched alkanes of at least 4 members (excludes halogenated alkanes) is 2. The molecule has 0 aliphatic carbocycles. The number of hydrogen-bond donors (Lipinski definition) is 3. The second-order valence-corrected chi connectivity index (χ2v) is 9.52. The molecule has 0 saturated carbocycles. The predicted octanol–water partition coefficient (Wildman–Crippen LogP) is 4.68. The number of esters is 1. The first-order chi connectivity index (χ1) is 18.8. The lowest BCUT2D eigenvalue weighted by molar-refractivity contribution is -0.150. The number of nitrogens with one attached hydrogen (secondary N) is 2. The summed E-state index contributed by atoms with van der Waals surface area (Å²) in [5, 5.41) is 6.07. The van der Waals surface area contributed by atoms with Crippen LogP contribution >= 0.6 is 0 Å². The first kappa shape index (κ1) is 30.0. The maximum atomic E-state index is 13.7. The van der Waals surface area contributed by atoms with Gasteiger partial charge < -0.3 is 25.5 Å². The number of hydrogen-bond acceptors (Lipinski definition) is 6. The highest BCUT2D eigenvalue weighted by Gasteiger charge is 2.23. The number of halogens is 2. The Labute approximate surface area is 228 Å². The Morgan fingerprint density at radius 1 is 0.974 bits per heavy atom. The van der Waals surface area contributed by atoms with Gasteiger partial charge in [-0.15, -0.1) is 0 Å². The number of furan rings is 1. The molecule has 4 N–H and O–H groups in total. The van der Waals surface area contributed by atoms with Crippen molar-refractivity contribution in [3.05, 3.63) is 94.9 Å². The zero-order valence-corrected chi connectivity index (χ0v) is 22.3. The lowest BCUT2D eigenvalue weighted by Gasteiger charge is -2.25. The fraction of sp³-hybridized carbons (Fsp3) is 0.400. The smallest absolute Gasteiger partial charge is 0.306 e. The normalized spacial score (nSPS) is 12.6. The fourth-order valence-corrected chi connectivity index (χ4v) is 4.23. The molecule has 1 aromatic heterocycles. The molecule has 0 bridgehead atoms. The molecule has 3 aromatic rings. The Morgan fingerprint density at radius 2 is 1.74 bits per heavy atom. The second kappa shape index (κ2) is 15.8. The van der Waals surface area contributed by atoms with E-state index >= 15 is 0 Å². The van der Waals surface area contributed by atoms with Gasteiger partial charge in [0.2, 0.25) is 0 Å². The van der Waals surface area contributed by atoms with Crippen LogP contribution in [0.25, 0.3) is 0 Å². The molecule has 0 aliphatic rings. The number of benzene rings is 2. The molecule has 3 rings (SSSR count). The van der Waals surface area contributed by atoms with Crippen molar-refractivity contribution in [3.8, 4) is 0 Å². The van der Waals surface area contributed by atoms with Crippen LogP contribution in [0.15, 0.2) is 65.3 Å². The Balaban J connectivity index is 1.48. The van der Waals surface area contributed by atoms with Crippen molar-refractivity contribution in [3.63, 3.8) is 0 Å². The van der Waals surface area contributed by atoms with Crippen molar-refractivity contribution in [2.24, 2.45) is 5.73 Å². The lowest BCUT2D eigenvalue weighted by atomic mass is 10.0. The Morgan fingerprint density at radius 3 is 2.46 bits per heavy atom. The molecule has 7 nitrogen and oxygen atoms in total. The number of amides is 1. The summed E-state index contributed by atoms with van der Waals surface area (Å²) < 4.78 is 38.1. The zero-order valence-electron chi connectivity index (χ0n) is 22.3. The van der Waals surface area contributed by atoms with Gasteiger partial charge in [0.15, 0.2) is 5.76 Å². The SMILES string of the molecule is CCc1cccc(CNC[C@@H](OC(=O)CCCCCNC(=O)c2ccco2)[C@@H](N)Cc2cc(F)cc(F)c2)c1. The highest BCUT2D eigenvalue weighted by molar-refractivity contribution is 5.91. The van der Waals surface area contributed by atoms with E-state index in [1.54, 1.807) is 12.1 Å². The summed E-state index contributed by atoms with van der Waals surface area (Å²) in [6.07, 6.45) is 4.03. The molecule has 0 saturated heterocycles. The second-order valence-electron chi connectivity index (χ2n) is 9.52. The van der Waals surface area contributed by atoms with E-state index in [0.29, 0.717) is 38.0 Å². The third-order valence-electron chi connectivity index (χ3n) is 6.32. The molecule has 9 heteroatoms. The van der Waals surface area contributed by atoms with Crippen molar-refractivity contribution >= 4 is 11.9 Å². The van der Waals surface area contributed by atoms with Gasteiger partial charge in [0.25, 0.3) is 5.91 Å². The molecule has 1 heterocycles. The first-order valence-electron chi connectivity index (χ1n) is 13.3. The van der Waals surface area contributed by atoms with Crippen LogP contribution in [0, 0.1) is 11.6 Å². The van der Waals surface area contributed by atoms with Crippen LogP contribution in [0.5, 0.6) is 0 Å². The van der Waals surface area contributed by atoms with E-state index in [0.717, 1.165) is 24.5 Å². The van der Waals surface area contributed by atoms with Crippen molar-refractivity contribution in [2.75, 3.05) is 13.1 Å². The quantitative estimate of drug-likeness (QED) is 0.180. The molecule has 0 aliphatic heterocycles. The van der Waals surface area contributed by atoms with Gasteiger partial charge in [-0.25, -0.2) is 8.78 Å². The van der Waals surface area contributed by atoms with Crippen LogP contribution in [0.1, 0.15) is 59.9 Å². The number of ether oxygens (including phenoxy) is 1. The summed E-state index contributed by atoms with van der Waals surface area (Å²) >= 11 is 0. The molecule has 0 unspecified atom stereocenters. The van der Waals surface area contributed by atoms with Crippen LogP contribution in [-0.4, -0.2) is 37.1 Å². The van der Waals surface area contributed by atoms with Crippen LogP contribution < -0.4 is 16.4 Å². The minimum absolute atomic E-state index is 0.148. The van der Waals surface area contributed by atoms with Gasteiger partial charge in [-0.05, 0) is 66.6 Å². The number of carbonyl (C=O) groups is 2. The minimum atomic E-state index is -0.689. The van der Waals surface area contributed by atoms with Gasteiger partial charge in [0, 0.05) is 38.2 Å². The van der Waals surface area contributed by atoms with Gasteiger partial charge in [-0.2, -0.15) is 0 Å². The molecule has 2 aromatic carbocycles. The number of carbonyl (C=O) groups excluding carboxylic acids is 2. The van der Waals surface area contributed by atoms with E-state index in [-0.39, 0.29) is 24.5 Å². The topological polar surface area (TPSA) is 107 Å². The Hall–Kier alpha value is -3.56. The summed E-state index contributed by atoms with van der Waals surface area (Å²) in [7, 11) is 0. The molecule has 2 atom stereocenters. The van der Waals surface area contributed by atoms with Crippen molar-refractivity contribution < 1.29 is 27.5 Å². The van der Waals surface area contributed by atoms with Crippen LogP contribution in [0.4, 0.5) is 8.78 Å². The molecule has 1 amide bonds. The molecule has 0 spiro atoms. The highest BCUT2D eigenvalue weighted by Crippen LogP contribution is 2.14. The largest absolute Gasteiger partial charge is 0.459 e. The highest BCUT2D eigenvalue weighted by atomic mass is 19.1. The van der Waals surface area contributed by atoms with Crippen LogP contribution in [0.2, 0.25) is 0 Å². The van der Waals surface area contributed by atoms with Crippen molar-refractivity contribution in [1.29, 1.82) is 0 Å². The van der Waals surface area contributed by atoms with Gasteiger partial charge in [0.05, 0.1) is 6.26 Å². The Bertz CT molecular complexity index is 1170. The first-order valence-corrected chi connectivity index (χ1v) is 13.3. The van der Waals surface area contributed by atoms with Gasteiger partial charge in [0.1, 0.15) is 17.7 Å². The third kappa shape index (κ3) is 10.6. The number of nitrogens with two attached hydrogens (primary N) is 1. The van der Waals surface area contributed by atoms with Crippen molar-refractivity contribution in [1.82, 2.24) is 10.6 Å². The van der Waals surface area contributed by atoms with Crippen molar-refractivity contribution in [2.45, 2.75) is 64.1 Å². The minimum Gasteiger partial charge on any atom is -0.459 e. The average Bonchev–Trinajstić information content (AvgIpc) is 3.45. The molecule has 0 radical (unpaired) electrons. The summed E-state index contributed by atoms with van der Waals surface area (Å²) in [6.45, 7) is 3.41. The van der Waals surface area contributed by atoms with E-state index < -0.39 is 29.7 Å². The van der Waals surface area contributed by atoms with Gasteiger partial charge >= 0.3 is 5.97 Å². The summed E-state index contributed by atoms with van der Waals surface area (Å²) in [5.41, 5.74) is 9.09. The molecular weight excluding hydrogens is 504 g/mol. The Kier molecular flexibility index (Phi) is 12.1. The van der Waals surface area contributed by atoms with Gasteiger partial charge in [-0.1, -0.05) is 37.6 Å². The van der Waals surface area contributed by atoms with E-state index in [2.05, 4.69) is 29.7 Å². The fourth-order valence-electron chi connectivity index (χ4n) is 4.23.